The van der Waals surface area contributed by atoms with Crippen LogP contribution < -0.4 is 16.0 Å². The van der Waals surface area contributed by atoms with Crippen molar-refractivity contribution >= 4 is 28.9 Å². The molecule has 0 radical (unpaired) electrons. The van der Waals surface area contributed by atoms with Crippen LogP contribution in [0.15, 0.2) is 59.8 Å². The van der Waals surface area contributed by atoms with Gasteiger partial charge in [-0.1, -0.05) is 56.3 Å². The number of carbonyl (C=O) groups is 1. The normalized spacial score (nSPS) is 16.8. The summed E-state index contributed by atoms with van der Waals surface area (Å²) in [4.78, 5) is 13.1. The van der Waals surface area contributed by atoms with Gasteiger partial charge in [-0.15, -0.1) is 0 Å². The van der Waals surface area contributed by atoms with Crippen molar-refractivity contribution < 1.29 is 4.79 Å². The van der Waals surface area contributed by atoms with Gasteiger partial charge in [0.25, 0.3) is 5.91 Å². The lowest BCUT2D eigenvalue weighted by molar-refractivity contribution is -0.113. The summed E-state index contributed by atoms with van der Waals surface area (Å²) < 4.78 is 0. The monoisotopic (exact) mass is 379 g/mol. The van der Waals surface area contributed by atoms with Gasteiger partial charge in [0.2, 0.25) is 0 Å². The molecule has 1 aliphatic heterocycles. The lowest BCUT2D eigenvalue weighted by Crippen LogP contribution is -2.45. The minimum absolute atomic E-state index is 0.137. The van der Waals surface area contributed by atoms with E-state index in [-0.39, 0.29) is 11.9 Å². The molecule has 3 rings (SSSR count). The summed E-state index contributed by atoms with van der Waals surface area (Å²) in [6.07, 6.45) is 0. The number of thiocarbonyl (C=S) groups is 1. The van der Waals surface area contributed by atoms with E-state index in [1.54, 1.807) is 0 Å². The van der Waals surface area contributed by atoms with Crippen molar-refractivity contribution in [2.45, 2.75) is 39.7 Å². The van der Waals surface area contributed by atoms with Crippen LogP contribution in [0.3, 0.4) is 0 Å². The van der Waals surface area contributed by atoms with Crippen molar-refractivity contribution in [2.75, 3.05) is 5.32 Å². The molecular weight excluding hydrogens is 354 g/mol. The topological polar surface area (TPSA) is 53.2 Å². The van der Waals surface area contributed by atoms with Gasteiger partial charge >= 0.3 is 0 Å². The third-order valence-corrected chi connectivity index (χ3v) is 5.06. The third kappa shape index (κ3) is 4.19. The zero-order chi connectivity index (χ0) is 19.6. The average Bonchev–Trinajstić information content (AvgIpc) is 2.63. The highest BCUT2D eigenvalue weighted by Gasteiger charge is 2.30. The first kappa shape index (κ1) is 19.1. The van der Waals surface area contributed by atoms with Gasteiger partial charge in [0.05, 0.1) is 11.6 Å². The Balaban J connectivity index is 1.94. The molecule has 1 aliphatic rings. The molecule has 3 N–H and O–H groups in total. The molecule has 1 heterocycles. The zero-order valence-electron chi connectivity index (χ0n) is 16.1. The van der Waals surface area contributed by atoms with Crippen LogP contribution in [0.5, 0.6) is 0 Å². The number of anilines is 1. The quantitative estimate of drug-likeness (QED) is 0.682. The highest BCUT2D eigenvalue weighted by molar-refractivity contribution is 7.80. The van der Waals surface area contributed by atoms with Gasteiger partial charge in [0, 0.05) is 11.4 Å². The zero-order valence-corrected chi connectivity index (χ0v) is 16.9. The maximum Gasteiger partial charge on any atom is 0.255 e. The summed E-state index contributed by atoms with van der Waals surface area (Å²) in [5, 5.41) is 9.88. The van der Waals surface area contributed by atoms with Gasteiger partial charge in [0.15, 0.2) is 5.11 Å². The van der Waals surface area contributed by atoms with Gasteiger partial charge < -0.3 is 16.0 Å². The van der Waals surface area contributed by atoms with Crippen LogP contribution >= 0.6 is 12.2 Å². The second kappa shape index (κ2) is 7.92. The Labute approximate surface area is 166 Å². The van der Waals surface area contributed by atoms with E-state index in [1.807, 2.05) is 38.1 Å². The first-order valence-corrected chi connectivity index (χ1v) is 9.52. The number of carbonyl (C=O) groups excluding carboxylic acids is 1. The number of amides is 1. The van der Waals surface area contributed by atoms with Gasteiger partial charge in [0.1, 0.15) is 0 Å². The molecule has 27 heavy (non-hydrogen) atoms. The van der Waals surface area contributed by atoms with Crippen LogP contribution in [0, 0.1) is 6.92 Å². The molecule has 140 valence electrons. The molecule has 2 aromatic carbocycles. The summed E-state index contributed by atoms with van der Waals surface area (Å²) in [7, 11) is 0. The lowest BCUT2D eigenvalue weighted by atomic mass is 9.92. The number of aryl methyl sites for hydroxylation is 1. The molecule has 0 unspecified atom stereocenters. The van der Waals surface area contributed by atoms with Crippen molar-refractivity contribution in [3.63, 3.8) is 0 Å². The highest BCUT2D eigenvalue weighted by Crippen LogP contribution is 2.29. The SMILES string of the molecule is CC1=C(C(=O)Nc2ccccc2C)[C@@H](c2ccc(C(C)C)cc2)NC(=S)N1. The molecule has 0 aliphatic carbocycles. The number of rotatable bonds is 4. The molecule has 0 saturated heterocycles. The fourth-order valence-electron chi connectivity index (χ4n) is 3.22. The van der Waals surface area contributed by atoms with Crippen molar-refractivity contribution in [1.82, 2.24) is 10.6 Å². The fourth-order valence-corrected chi connectivity index (χ4v) is 3.49. The van der Waals surface area contributed by atoms with Crippen LogP contribution in [0.25, 0.3) is 0 Å². The Morgan fingerprint density at radius 1 is 1.07 bits per heavy atom. The predicted molar refractivity (Wildman–Crippen MR) is 115 cm³/mol. The highest BCUT2D eigenvalue weighted by atomic mass is 32.1. The number of allylic oxidation sites excluding steroid dienone is 1. The van der Waals surface area contributed by atoms with Crippen LogP contribution in [-0.2, 0) is 4.79 Å². The van der Waals surface area contributed by atoms with Gasteiger partial charge in [-0.05, 0) is 54.7 Å². The molecule has 1 atom stereocenters. The van der Waals surface area contributed by atoms with Crippen LogP contribution in [-0.4, -0.2) is 11.0 Å². The molecule has 0 saturated carbocycles. The molecule has 0 spiro atoms. The van der Waals surface area contributed by atoms with Crippen molar-refractivity contribution in [1.29, 1.82) is 0 Å². The largest absolute Gasteiger partial charge is 0.351 e. The smallest absolute Gasteiger partial charge is 0.255 e. The Morgan fingerprint density at radius 2 is 1.74 bits per heavy atom. The fraction of sp³-hybridized carbons (Fsp3) is 0.273. The molecule has 5 heteroatoms. The minimum Gasteiger partial charge on any atom is -0.351 e. The van der Waals surface area contributed by atoms with Gasteiger partial charge in [-0.25, -0.2) is 0 Å². The number of hydrogen-bond acceptors (Lipinski definition) is 2. The molecule has 1 amide bonds. The summed E-state index contributed by atoms with van der Waals surface area (Å²) in [6, 6.07) is 15.8. The van der Waals surface area contributed by atoms with Gasteiger partial charge in [-0.2, -0.15) is 0 Å². The van der Waals surface area contributed by atoms with Gasteiger partial charge in [-0.3, -0.25) is 4.79 Å². The van der Waals surface area contributed by atoms with E-state index in [9.17, 15) is 4.79 Å². The molecular formula is C22H25N3OS. The third-order valence-electron chi connectivity index (χ3n) is 4.84. The van der Waals surface area contributed by atoms with Crippen LogP contribution in [0.4, 0.5) is 5.69 Å². The molecule has 0 bridgehead atoms. The van der Waals surface area contributed by atoms with Crippen LogP contribution in [0.2, 0.25) is 0 Å². The lowest BCUT2D eigenvalue weighted by Gasteiger charge is -2.30. The second-order valence-corrected chi connectivity index (χ2v) is 7.57. The summed E-state index contributed by atoms with van der Waals surface area (Å²) in [5.74, 6) is 0.324. The van der Waals surface area contributed by atoms with E-state index < -0.39 is 0 Å². The second-order valence-electron chi connectivity index (χ2n) is 7.16. The number of nitrogens with one attached hydrogen (secondary N) is 3. The van der Waals surface area contributed by atoms with Crippen LogP contribution in [0.1, 0.15) is 49.4 Å². The first-order chi connectivity index (χ1) is 12.9. The Bertz CT molecular complexity index is 900. The summed E-state index contributed by atoms with van der Waals surface area (Å²) >= 11 is 5.33. The van der Waals surface area contributed by atoms with E-state index in [2.05, 4.69) is 54.1 Å². The predicted octanol–water partition coefficient (Wildman–Crippen LogP) is 4.55. The van der Waals surface area contributed by atoms with E-state index in [1.165, 1.54) is 5.56 Å². The first-order valence-electron chi connectivity index (χ1n) is 9.12. The molecule has 2 aromatic rings. The average molecular weight is 380 g/mol. The summed E-state index contributed by atoms with van der Waals surface area (Å²) in [5.41, 5.74) is 5.52. The standard InChI is InChI=1S/C22H25N3OS/c1-13(2)16-9-11-17(12-10-16)20-19(15(4)23-22(27)25-20)21(26)24-18-8-6-5-7-14(18)3/h5-13,20H,1-4H3,(H,24,26)(H2,23,25,27)/t20-/m1/s1. The Morgan fingerprint density at radius 3 is 2.37 bits per heavy atom. The summed E-state index contributed by atoms with van der Waals surface area (Å²) in [6.45, 7) is 8.19. The van der Waals surface area contributed by atoms with E-state index >= 15 is 0 Å². The molecule has 4 nitrogen and oxygen atoms in total. The van der Waals surface area contributed by atoms with E-state index in [0.717, 1.165) is 22.5 Å². The Kier molecular flexibility index (Phi) is 5.61. The molecule has 0 aromatic heterocycles. The Hall–Kier alpha value is -2.66. The van der Waals surface area contributed by atoms with Crippen molar-refractivity contribution in [3.05, 3.63) is 76.5 Å². The number of para-hydroxylation sites is 1. The minimum atomic E-state index is -0.288. The number of hydrogen-bond donors (Lipinski definition) is 3. The number of benzene rings is 2. The van der Waals surface area contributed by atoms with E-state index in [4.69, 9.17) is 12.2 Å². The molecule has 0 fully saturated rings. The van der Waals surface area contributed by atoms with Crippen molar-refractivity contribution in [3.8, 4) is 0 Å². The van der Waals surface area contributed by atoms with E-state index in [0.29, 0.717) is 16.6 Å². The maximum absolute atomic E-state index is 13.1. The van der Waals surface area contributed by atoms with Crippen molar-refractivity contribution in [2.24, 2.45) is 0 Å². The maximum atomic E-state index is 13.1.